The molecule has 3 nitrogen and oxygen atoms in total. The molecule has 0 amide bonds. The molecule has 0 saturated heterocycles. The molecule has 14 heavy (non-hydrogen) atoms. The van der Waals surface area contributed by atoms with Crippen molar-refractivity contribution in [1.82, 2.24) is 0 Å². The Bertz CT molecular complexity index is 332. The van der Waals surface area contributed by atoms with Gasteiger partial charge in [0.05, 0.1) is 5.92 Å². The maximum absolute atomic E-state index is 13.2. The molecule has 1 rings (SSSR count). The molecule has 0 aliphatic rings. The summed E-state index contributed by atoms with van der Waals surface area (Å²) < 4.78 is 13.2. The van der Waals surface area contributed by atoms with Gasteiger partial charge in [-0.3, -0.25) is 4.79 Å². The van der Waals surface area contributed by atoms with Gasteiger partial charge in [0.2, 0.25) is 0 Å². The molecule has 3 N–H and O–H groups in total. The predicted octanol–water partition coefficient (Wildman–Crippen LogP) is 1.67. The first-order valence-corrected chi connectivity index (χ1v) is 4.28. The van der Waals surface area contributed by atoms with Crippen molar-refractivity contribution in [3.05, 3.63) is 29.6 Å². The molecule has 0 aromatic heterocycles. The smallest absolute Gasteiger partial charge is 0.306 e. The molecule has 1 unspecified atom stereocenters. The number of halogens is 1. The van der Waals surface area contributed by atoms with Crippen LogP contribution in [0.3, 0.4) is 0 Å². The maximum Gasteiger partial charge on any atom is 0.306 e. The summed E-state index contributed by atoms with van der Waals surface area (Å²) in [4.78, 5) is 10.6. The zero-order valence-electron chi connectivity index (χ0n) is 7.83. The SMILES string of the molecule is CC(Cc1c(N)cccc1F)C(=O)O. The summed E-state index contributed by atoms with van der Waals surface area (Å²) in [6.07, 6.45) is 0.119. The summed E-state index contributed by atoms with van der Waals surface area (Å²) in [6.45, 7) is 1.52. The molecule has 0 heterocycles. The van der Waals surface area contributed by atoms with Gasteiger partial charge in [-0.2, -0.15) is 0 Å². The molecule has 76 valence electrons. The van der Waals surface area contributed by atoms with Gasteiger partial charge in [-0.05, 0) is 18.6 Å². The summed E-state index contributed by atoms with van der Waals surface area (Å²) in [5.74, 6) is -2.03. The third kappa shape index (κ3) is 2.22. The second kappa shape index (κ2) is 4.09. The van der Waals surface area contributed by atoms with Crippen molar-refractivity contribution in [1.29, 1.82) is 0 Å². The van der Waals surface area contributed by atoms with Gasteiger partial charge in [0.1, 0.15) is 5.82 Å². The molecule has 0 aliphatic carbocycles. The van der Waals surface area contributed by atoms with E-state index in [2.05, 4.69) is 0 Å². The fraction of sp³-hybridized carbons (Fsp3) is 0.300. The summed E-state index contributed by atoms with van der Waals surface area (Å²) in [5.41, 5.74) is 6.12. The average Bonchev–Trinajstić information content (AvgIpc) is 2.11. The third-order valence-electron chi connectivity index (χ3n) is 2.09. The Morgan fingerprint density at radius 3 is 2.79 bits per heavy atom. The van der Waals surface area contributed by atoms with Crippen LogP contribution in [0.4, 0.5) is 10.1 Å². The largest absolute Gasteiger partial charge is 0.481 e. The number of nitrogen functional groups attached to an aromatic ring is 1. The number of nitrogens with two attached hydrogens (primary N) is 1. The van der Waals surface area contributed by atoms with Gasteiger partial charge in [-0.15, -0.1) is 0 Å². The Morgan fingerprint density at radius 2 is 2.29 bits per heavy atom. The van der Waals surface area contributed by atoms with E-state index in [1.165, 1.54) is 19.1 Å². The number of aliphatic carboxylic acids is 1. The molecule has 0 saturated carbocycles. The van der Waals surface area contributed by atoms with Gasteiger partial charge in [0.25, 0.3) is 0 Å². The van der Waals surface area contributed by atoms with Gasteiger partial charge in [-0.25, -0.2) is 4.39 Å². The first-order valence-electron chi connectivity index (χ1n) is 4.28. The van der Waals surface area contributed by atoms with E-state index in [0.29, 0.717) is 5.69 Å². The van der Waals surface area contributed by atoms with Crippen LogP contribution in [-0.4, -0.2) is 11.1 Å². The van der Waals surface area contributed by atoms with E-state index in [9.17, 15) is 9.18 Å². The first kappa shape index (κ1) is 10.5. The Balaban J connectivity index is 2.91. The Morgan fingerprint density at radius 1 is 1.64 bits per heavy atom. The number of hydrogen-bond donors (Lipinski definition) is 2. The lowest BCUT2D eigenvalue weighted by atomic mass is 9.99. The van der Waals surface area contributed by atoms with Crippen LogP contribution < -0.4 is 5.73 Å². The van der Waals surface area contributed by atoms with Gasteiger partial charge >= 0.3 is 5.97 Å². The van der Waals surface area contributed by atoms with Crippen molar-refractivity contribution in [3.8, 4) is 0 Å². The van der Waals surface area contributed by atoms with Crippen LogP contribution in [0.2, 0.25) is 0 Å². The Labute approximate surface area is 81.4 Å². The number of hydrogen-bond acceptors (Lipinski definition) is 2. The fourth-order valence-corrected chi connectivity index (χ4v) is 1.18. The molecular weight excluding hydrogens is 185 g/mol. The van der Waals surface area contributed by atoms with E-state index in [0.717, 1.165) is 0 Å². The quantitative estimate of drug-likeness (QED) is 0.724. The highest BCUT2D eigenvalue weighted by atomic mass is 19.1. The lowest BCUT2D eigenvalue weighted by Gasteiger charge is -2.09. The number of carboxylic acids is 1. The predicted molar refractivity (Wildman–Crippen MR) is 51.3 cm³/mol. The molecular formula is C10H12FNO2. The highest BCUT2D eigenvalue weighted by Gasteiger charge is 2.15. The number of benzene rings is 1. The summed E-state index contributed by atoms with van der Waals surface area (Å²) in [5, 5.41) is 8.66. The van der Waals surface area contributed by atoms with Crippen LogP contribution in [0.5, 0.6) is 0 Å². The molecule has 1 aromatic carbocycles. The Hall–Kier alpha value is -1.58. The van der Waals surface area contributed by atoms with E-state index < -0.39 is 17.7 Å². The Kier molecular flexibility index (Phi) is 3.06. The normalized spacial score (nSPS) is 12.4. The lowest BCUT2D eigenvalue weighted by Crippen LogP contribution is -2.14. The highest BCUT2D eigenvalue weighted by Crippen LogP contribution is 2.19. The highest BCUT2D eigenvalue weighted by molar-refractivity contribution is 5.70. The molecule has 0 fully saturated rings. The molecule has 4 heteroatoms. The van der Waals surface area contributed by atoms with Crippen LogP contribution in [0.1, 0.15) is 12.5 Å². The van der Waals surface area contributed by atoms with Gasteiger partial charge < -0.3 is 10.8 Å². The van der Waals surface area contributed by atoms with Crippen molar-refractivity contribution in [2.24, 2.45) is 5.92 Å². The van der Waals surface area contributed by atoms with E-state index in [4.69, 9.17) is 10.8 Å². The summed E-state index contributed by atoms with van der Waals surface area (Å²) >= 11 is 0. The minimum atomic E-state index is -0.951. The molecule has 0 bridgehead atoms. The van der Waals surface area contributed by atoms with E-state index in [-0.39, 0.29) is 12.0 Å². The molecule has 0 radical (unpaired) electrons. The fourth-order valence-electron chi connectivity index (χ4n) is 1.18. The van der Waals surface area contributed by atoms with E-state index in [1.807, 2.05) is 0 Å². The van der Waals surface area contributed by atoms with Gasteiger partial charge in [0, 0.05) is 11.3 Å². The van der Waals surface area contributed by atoms with E-state index >= 15 is 0 Å². The van der Waals surface area contributed by atoms with Crippen LogP contribution in [0.25, 0.3) is 0 Å². The first-order chi connectivity index (χ1) is 6.52. The second-order valence-corrected chi connectivity index (χ2v) is 3.25. The number of carbonyl (C=O) groups is 1. The van der Waals surface area contributed by atoms with Gasteiger partial charge in [-0.1, -0.05) is 13.0 Å². The molecule has 1 atom stereocenters. The van der Waals surface area contributed by atoms with Crippen LogP contribution in [0, 0.1) is 11.7 Å². The molecule has 0 aliphatic heterocycles. The monoisotopic (exact) mass is 197 g/mol. The number of rotatable bonds is 3. The third-order valence-corrected chi connectivity index (χ3v) is 2.09. The van der Waals surface area contributed by atoms with Crippen molar-refractivity contribution in [2.75, 3.05) is 5.73 Å². The zero-order valence-corrected chi connectivity index (χ0v) is 7.83. The van der Waals surface area contributed by atoms with E-state index in [1.54, 1.807) is 6.07 Å². The topological polar surface area (TPSA) is 63.3 Å². The minimum absolute atomic E-state index is 0.119. The average molecular weight is 197 g/mol. The number of carboxylic acid groups (broad SMARTS) is 1. The summed E-state index contributed by atoms with van der Waals surface area (Å²) in [6, 6.07) is 4.34. The zero-order chi connectivity index (χ0) is 10.7. The second-order valence-electron chi connectivity index (χ2n) is 3.25. The minimum Gasteiger partial charge on any atom is -0.481 e. The van der Waals surface area contributed by atoms with Crippen molar-refractivity contribution < 1.29 is 14.3 Å². The maximum atomic E-state index is 13.2. The van der Waals surface area contributed by atoms with Crippen molar-refractivity contribution in [3.63, 3.8) is 0 Å². The van der Waals surface area contributed by atoms with Crippen LogP contribution in [-0.2, 0) is 11.2 Å². The standard InChI is InChI=1S/C10H12FNO2/c1-6(10(13)14)5-7-8(11)3-2-4-9(7)12/h2-4,6H,5,12H2,1H3,(H,13,14). The van der Waals surface area contributed by atoms with Crippen molar-refractivity contribution >= 4 is 11.7 Å². The van der Waals surface area contributed by atoms with Crippen molar-refractivity contribution in [2.45, 2.75) is 13.3 Å². The number of anilines is 1. The lowest BCUT2D eigenvalue weighted by molar-refractivity contribution is -0.141. The van der Waals surface area contributed by atoms with Crippen LogP contribution in [0.15, 0.2) is 18.2 Å². The van der Waals surface area contributed by atoms with Gasteiger partial charge in [0.15, 0.2) is 0 Å². The molecule has 1 aromatic rings. The molecule has 0 spiro atoms. The summed E-state index contributed by atoms with van der Waals surface area (Å²) in [7, 11) is 0. The van der Waals surface area contributed by atoms with Crippen LogP contribution >= 0.6 is 0 Å².